The van der Waals surface area contributed by atoms with Crippen LogP contribution in [0.15, 0.2) is 0 Å². The third-order valence-corrected chi connectivity index (χ3v) is 3.56. The zero-order valence-electron chi connectivity index (χ0n) is 11.5. The maximum absolute atomic E-state index is 5.81. The highest BCUT2D eigenvalue weighted by Gasteiger charge is 2.18. The van der Waals surface area contributed by atoms with Gasteiger partial charge in [-0.2, -0.15) is 0 Å². The van der Waals surface area contributed by atoms with E-state index in [1.165, 1.54) is 58.2 Å². The van der Waals surface area contributed by atoms with E-state index in [9.17, 15) is 0 Å². The highest BCUT2D eigenvalue weighted by atomic mass is 16.5. The van der Waals surface area contributed by atoms with Crippen molar-refractivity contribution in [2.45, 2.75) is 58.0 Å². The molecule has 0 atom stereocenters. The minimum absolute atomic E-state index is 0.494. The minimum Gasteiger partial charge on any atom is -0.378 e. The van der Waals surface area contributed by atoms with Crippen molar-refractivity contribution in [3.63, 3.8) is 0 Å². The van der Waals surface area contributed by atoms with E-state index in [4.69, 9.17) is 10.5 Å². The Balaban J connectivity index is 1.97. The molecule has 1 heterocycles. The molecular weight excluding hydrogens is 212 g/mol. The van der Waals surface area contributed by atoms with E-state index in [0.717, 1.165) is 19.6 Å². The molecule has 1 saturated heterocycles. The third kappa shape index (κ3) is 7.02. The molecule has 0 aromatic carbocycles. The first-order valence-corrected chi connectivity index (χ1v) is 7.40. The van der Waals surface area contributed by atoms with E-state index >= 15 is 0 Å². The van der Waals surface area contributed by atoms with Crippen LogP contribution >= 0.6 is 0 Å². The fourth-order valence-corrected chi connectivity index (χ4v) is 2.40. The minimum atomic E-state index is 0.494. The smallest absolute Gasteiger partial charge is 0.0599 e. The van der Waals surface area contributed by atoms with Gasteiger partial charge in [0.2, 0.25) is 0 Å². The van der Waals surface area contributed by atoms with E-state index < -0.39 is 0 Å². The van der Waals surface area contributed by atoms with E-state index in [1.54, 1.807) is 0 Å². The van der Waals surface area contributed by atoms with Crippen LogP contribution in [0.4, 0.5) is 0 Å². The monoisotopic (exact) mass is 242 g/mol. The average Bonchev–Trinajstić information content (AvgIpc) is 2.37. The fraction of sp³-hybridized carbons (Fsp3) is 1.00. The number of likely N-dealkylation sites (tertiary alicyclic amines) is 1. The number of ether oxygens (including phenoxy) is 1. The Labute approximate surface area is 107 Å². The Morgan fingerprint density at radius 1 is 1.12 bits per heavy atom. The van der Waals surface area contributed by atoms with Gasteiger partial charge in [0.05, 0.1) is 6.10 Å². The Kier molecular flexibility index (Phi) is 8.67. The number of hydrogen-bond acceptors (Lipinski definition) is 3. The van der Waals surface area contributed by atoms with Gasteiger partial charge in [-0.3, -0.25) is 0 Å². The van der Waals surface area contributed by atoms with Crippen molar-refractivity contribution in [3.05, 3.63) is 0 Å². The first-order valence-electron chi connectivity index (χ1n) is 7.40. The molecule has 1 rings (SSSR count). The summed E-state index contributed by atoms with van der Waals surface area (Å²) in [5, 5.41) is 0. The van der Waals surface area contributed by atoms with Gasteiger partial charge in [0.1, 0.15) is 0 Å². The molecule has 1 aliphatic heterocycles. The van der Waals surface area contributed by atoms with E-state index in [2.05, 4.69) is 11.8 Å². The molecule has 0 aromatic heterocycles. The van der Waals surface area contributed by atoms with Gasteiger partial charge in [0.25, 0.3) is 0 Å². The van der Waals surface area contributed by atoms with Gasteiger partial charge >= 0.3 is 0 Å². The Morgan fingerprint density at radius 3 is 2.53 bits per heavy atom. The van der Waals surface area contributed by atoms with Gasteiger partial charge in [-0.1, -0.05) is 26.2 Å². The molecule has 0 saturated carbocycles. The van der Waals surface area contributed by atoms with Crippen LogP contribution < -0.4 is 5.73 Å². The lowest BCUT2D eigenvalue weighted by Gasteiger charge is -2.31. The van der Waals surface area contributed by atoms with Crippen LogP contribution in [0.25, 0.3) is 0 Å². The molecule has 0 spiro atoms. The van der Waals surface area contributed by atoms with Crippen molar-refractivity contribution < 1.29 is 4.74 Å². The van der Waals surface area contributed by atoms with Gasteiger partial charge in [-0.05, 0) is 38.8 Å². The van der Waals surface area contributed by atoms with Crippen molar-refractivity contribution in [1.29, 1.82) is 0 Å². The predicted octanol–water partition coefficient (Wildman–Crippen LogP) is 2.40. The Morgan fingerprint density at radius 2 is 1.88 bits per heavy atom. The number of piperidine rings is 1. The van der Waals surface area contributed by atoms with Crippen LogP contribution in [0.2, 0.25) is 0 Å². The van der Waals surface area contributed by atoms with Gasteiger partial charge in [-0.25, -0.2) is 0 Å². The summed E-state index contributed by atoms with van der Waals surface area (Å²) >= 11 is 0. The SMILES string of the molecule is CCCCCCN1CCC(OCCCN)CC1. The highest BCUT2D eigenvalue weighted by Crippen LogP contribution is 2.14. The quantitative estimate of drug-likeness (QED) is 0.631. The van der Waals surface area contributed by atoms with Crippen molar-refractivity contribution in [2.75, 3.05) is 32.8 Å². The molecule has 1 aliphatic rings. The van der Waals surface area contributed by atoms with Crippen LogP contribution in [-0.2, 0) is 4.74 Å². The molecule has 0 aliphatic carbocycles. The molecule has 17 heavy (non-hydrogen) atoms. The Hall–Kier alpha value is -0.120. The maximum atomic E-state index is 5.81. The van der Waals surface area contributed by atoms with Gasteiger partial charge in [0, 0.05) is 19.7 Å². The van der Waals surface area contributed by atoms with Crippen LogP contribution in [0.3, 0.4) is 0 Å². The fourth-order valence-electron chi connectivity index (χ4n) is 2.40. The van der Waals surface area contributed by atoms with Crippen molar-refractivity contribution in [1.82, 2.24) is 4.90 Å². The number of hydrogen-bond donors (Lipinski definition) is 1. The zero-order valence-corrected chi connectivity index (χ0v) is 11.5. The molecule has 0 amide bonds. The lowest BCUT2D eigenvalue weighted by Crippen LogP contribution is -2.37. The lowest BCUT2D eigenvalue weighted by molar-refractivity contribution is 0.00701. The average molecular weight is 242 g/mol. The van der Waals surface area contributed by atoms with Gasteiger partial charge < -0.3 is 15.4 Å². The normalized spacial score (nSPS) is 18.7. The molecule has 0 radical (unpaired) electrons. The summed E-state index contributed by atoms with van der Waals surface area (Å²) < 4.78 is 5.81. The summed E-state index contributed by atoms with van der Waals surface area (Å²) in [6.45, 7) is 7.59. The van der Waals surface area contributed by atoms with E-state index in [-0.39, 0.29) is 0 Å². The van der Waals surface area contributed by atoms with E-state index in [1.807, 2.05) is 0 Å². The summed E-state index contributed by atoms with van der Waals surface area (Å²) in [6, 6.07) is 0. The predicted molar refractivity (Wildman–Crippen MR) is 73.2 cm³/mol. The number of rotatable bonds is 9. The summed E-state index contributed by atoms with van der Waals surface area (Å²) in [5.41, 5.74) is 5.46. The number of nitrogens with two attached hydrogens (primary N) is 1. The first-order chi connectivity index (χ1) is 8.36. The van der Waals surface area contributed by atoms with Gasteiger partial charge in [-0.15, -0.1) is 0 Å². The Bertz CT molecular complexity index is 168. The molecule has 3 heteroatoms. The van der Waals surface area contributed by atoms with Crippen LogP contribution in [0.5, 0.6) is 0 Å². The van der Waals surface area contributed by atoms with Crippen LogP contribution in [0.1, 0.15) is 51.9 Å². The van der Waals surface area contributed by atoms with E-state index in [0.29, 0.717) is 6.10 Å². The second kappa shape index (κ2) is 9.86. The van der Waals surface area contributed by atoms with Gasteiger partial charge in [0.15, 0.2) is 0 Å². The maximum Gasteiger partial charge on any atom is 0.0599 e. The highest BCUT2D eigenvalue weighted by molar-refractivity contribution is 4.72. The lowest BCUT2D eigenvalue weighted by atomic mass is 10.1. The molecule has 2 N–H and O–H groups in total. The van der Waals surface area contributed by atoms with Crippen molar-refractivity contribution in [2.24, 2.45) is 5.73 Å². The molecule has 3 nitrogen and oxygen atoms in total. The molecule has 0 bridgehead atoms. The van der Waals surface area contributed by atoms with Crippen molar-refractivity contribution >= 4 is 0 Å². The summed E-state index contributed by atoms with van der Waals surface area (Å²) in [6.07, 6.45) is 9.38. The molecular formula is C14H30N2O. The molecule has 0 aromatic rings. The summed E-state index contributed by atoms with van der Waals surface area (Å²) in [4.78, 5) is 2.60. The second-order valence-corrected chi connectivity index (χ2v) is 5.11. The van der Waals surface area contributed by atoms with Crippen molar-refractivity contribution in [3.8, 4) is 0 Å². The number of nitrogens with zero attached hydrogens (tertiary/aromatic N) is 1. The molecule has 1 fully saturated rings. The summed E-state index contributed by atoms with van der Waals surface area (Å²) in [5.74, 6) is 0. The standard InChI is InChI=1S/C14H30N2O/c1-2-3-4-5-10-16-11-7-14(8-12-16)17-13-6-9-15/h14H,2-13,15H2,1H3. The first kappa shape index (κ1) is 14.9. The second-order valence-electron chi connectivity index (χ2n) is 5.11. The number of unbranched alkanes of at least 4 members (excludes halogenated alkanes) is 3. The zero-order chi connectivity index (χ0) is 12.3. The largest absolute Gasteiger partial charge is 0.378 e. The molecule has 0 unspecified atom stereocenters. The third-order valence-electron chi connectivity index (χ3n) is 3.56. The topological polar surface area (TPSA) is 38.5 Å². The summed E-state index contributed by atoms with van der Waals surface area (Å²) in [7, 11) is 0. The molecule has 102 valence electrons. The van der Waals surface area contributed by atoms with Crippen LogP contribution in [0, 0.1) is 0 Å². The van der Waals surface area contributed by atoms with Crippen LogP contribution in [-0.4, -0.2) is 43.8 Å².